The number of hydrogen-bond acceptors (Lipinski definition) is 6. The zero-order chi connectivity index (χ0) is 26.6. The molecule has 204 valence electrons. The van der Waals surface area contributed by atoms with Gasteiger partial charge in [-0.05, 0) is 61.9 Å². The smallest absolute Gasteiger partial charge is 0.260 e. The summed E-state index contributed by atoms with van der Waals surface area (Å²) in [7, 11) is 0. The van der Waals surface area contributed by atoms with Crippen molar-refractivity contribution in [3.8, 4) is 0 Å². The first-order valence-corrected chi connectivity index (χ1v) is 14.4. The molecule has 7 heterocycles. The summed E-state index contributed by atoms with van der Waals surface area (Å²) in [5.74, 6) is 0. The lowest BCUT2D eigenvalue weighted by Gasteiger charge is -2.53. The highest BCUT2D eigenvalue weighted by Crippen LogP contribution is 2.43. The number of imidazole rings is 1. The molecule has 0 aliphatic carbocycles. The Morgan fingerprint density at radius 2 is 1.72 bits per heavy atom. The van der Waals surface area contributed by atoms with E-state index in [0.29, 0.717) is 22.8 Å². The normalized spacial score (nSPS) is 21.0. The van der Waals surface area contributed by atoms with Crippen LogP contribution >= 0.6 is 0 Å². The quantitative estimate of drug-likeness (QED) is 0.386. The molecule has 8 nitrogen and oxygen atoms in total. The van der Waals surface area contributed by atoms with Gasteiger partial charge in [-0.15, -0.1) is 0 Å². The van der Waals surface area contributed by atoms with E-state index in [0.717, 1.165) is 81.2 Å². The minimum absolute atomic E-state index is 0.0195. The van der Waals surface area contributed by atoms with Crippen LogP contribution in [0.1, 0.15) is 50.8 Å². The lowest BCUT2D eigenvalue weighted by molar-refractivity contribution is -0.000118. The summed E-state index contributed by atoms with van der Waals surface area (Å²) >= 11 is 0. The van der Waals surface area contributed by atoms with Crippen LogP contribution in [0.4, 0.5) is 5.69 Å². The van der Waals surface area contributed by atoms with Crippen molar-refractivity contribution < 1.29 is 4.74 Å². The topological polar surface area (TPSA) is 67.9 Å². The SMILES string of the molecule is CC1(C)CCN(Cc2ccc3nc(Cn4ccc5c(N6CC7(CCOCC7)C6)cncc5c4=O)cn3c2)CC1. The maximum atomic E-state index is 13.5. The zero-order valence-electron chi connectivity index (χ0n) is 23.1. The van der Waals surface area contributed by atoms with Crippen molar-refractivity contribution >= 4 is 22.1 Å². The molecule has 8 heteroatoms. The molecule has 3 aliphatic heterocycles. The fourth-order valence-electron chi connectivity index (χ4n) is 6.63. The fraction of sp³-hybridized carbons (Fsp3) is 0.516. The molecule has 3 saturated heterocycles. The number of fused-ring (bicyclic) bond motifs is 2. The minimum atomic E-state index is -0.0195. The standard InChI is InChI=1S/C31H38N6O2/c1-30(2)6-11-34(12-7-30)17-23-3-4-28-33-24(20-36(28)18-23)19-35-10-5-25-26(29(35)38)15-32-16-27(25)37-21-31(22-37)8-13-39-14-9-31/h3-5,10,15-16,18,20H,6-9,11-14,17,19,21-22H2,1-2H3. The first kappa shape index (κ1) is 24.8. The third-order valence-electron chi connectivity index (χ3n) is 9.34. The van der Waals surface area contributed by atoms with E-state index in [4.69, 9.17) is 9.72 Å². The molecule has 7 rings (SSSR count). The number of ether oxygens (including phenoxy) is 1. The average Bonchev–Trinajstić information content (AvgIpc) is 3.32. The number of aromatic nitrogens is 4. The first-order chi connectivity index (χ1) is 18.9. The van der Waals surface area contributed by atoms with Gasteiger partial charge < -0.3 is 18.6 Å². The number of pyridine rings is 3. The lowest BCUT2D eigenvalue weighted by Crippen LogP contribution is -2.58. The van der Waals surface area contributed by atoms with Gasteiger partial charge in [-0.1, -0.05) is 19.9 Å². The van der Waals surface area contributed by atoms with Crippen LogP contribution in [-0.2, 0) is 17.8 Å². The van der Waals surface area contributed by atoms with Crippen molar-refractivity contribution in [1.29, 1.82) is 0 Å². The van der Waals surface area contributed by atoms with Gasteiger partial charge in [0.05, 0.1) is 29.5 Å². The van der Waals surface area contributed by atoms with Crippen LogP contribution in [0.25, 0.3) is 16.4 Å². The molecule has 0 bridgehead atoms. The Balaban J connectivity index is 1.08. The molecule has 0 N–H and O–H groups in total. The molecule has 4 aromatic rings. The van der Waals surface area contributed by atoms with Crippen LogP contribution in [0.5, 0.6) is 0 Å². The van der Waals surface area contributed by atoms with Gasteiger partial charge in [0.1, 0.15) is 5.65 Å². The fourth-order valence-corrected chi connectivity index (χ4v) is 6.63. The van der Waals surface area contributed by atoms with Crippen molar-refractivity contribution in [2.45, 2.75) is 52.6 Å². The second-order valence-electron chi connectivity index (χ2n) is 12.8. The summed E-state index contributed by atoms with van der Waals surface area (Å²) in [4.78, 5) is 27.7. The van der Waals surface area contributed by atoms with E-state index in [2.05, 4.69) is 63.6 Å². The summed E-state index contributed by atoms with van der Waals surface area (Å²) in [6, 6.07) is 6.34. The Hall–Kier alpha value is -3.23. The summed E-state index contributed by atoms with van der Waals surface area (Å²) in [6.07, 6.45) is 14.5. The molecule has 3 aliphatic rings. The van der Waals surface area contributed by atoms with Crippen molar-refractivity contribution in [2.24, 2.45) is 10.8 Å². The summed E-state index contributed by atoms with van der Waals surface area (Å²) in [5, 5.41) is 1.65. The molecule has 3 fully saturated rings. The summed E-state index contributed by atoms with van der Waals surface area (Å²) < 4.78 is 9.42. The minimum Gasteiger partial charge on any atom is -0.381 e. The number of hydrogen-bond donors (Lipinski definition) is 0. The number of piperidine rings is 1. The van der Waals surface area contributed by atoms with Crippen LogP contribution in [0, 0.1) is 10.8 Å². The Kier molecular flexibility index (Phi) is 6.01. The maximum absolute atomic E-state index is 13.5. The van der Waals surface area contributed by atoms with Crippen LogP contribution < -0.4 is 10.5 Å². The molecular weight excluding hydrogens is 488 g/mol. The molecule has 39 heavy (non-hydrogen) atoms. The van der Waals surface area contributed by atoms with E-state index in [-0.39, 0.29) is 5.56 Å². The van der Waals surface area contributed by atoms with Crippen molar-refractivity contribution in [3.05, 3.63) is 70.8 Å². The van der Waals surface area contributed by atoms with Crippen LogP contribution in [-0.4, -0.2) is 63.2 Å². The maximum Gasteiger partial charge on any atom is 0.260 e. The van der Waals surface area contributed by atoms with Crippen molar-refractivity contribution in [1.82, 2.24) is 23.8 Å². The molecular formula is C31H38N6O2. The monoisotopic (exact) mass is 526 g/mol. The van der Waals surface area contributed by atoms with E-state index in [1.165, 1.54) is 18.4 Å². The predicted octanol–water partition coefficient (Wildman–Crippen LogP) is 4.33. The molecule has 0 radical (unpaired) electrons. The highest BCUT2D eigenvalue weighted by molar-refractivity contribution is 5.93. The second-order valence-corrected chi connectivity index (χ2v) is 12.8. The molecule has 0 saturated carbocycles. The molecule has 4 aromatic heterocycles. The summed E-state index contributed by atoms with van der Waals surface area (Å²) in [5.41, 5.74) is 4.94. The number of anilines is 1. The third-order valence-corrected chi connectivity index (χ3v) is 9.34. The highest BCUT2D eigenvalue weighted by Gasteiger charge is 2.44. The van der Waals surface area contributed by atoms with Gasteiger partial charge in [0.15, 0.2) is 0 Å². The van der Waals surface area contributed by atoms with E-state index >= 15 is 0 Å². The van der Waals surface area contributed by atoms with Gasteiger partial charge in [0, 0.05) is 68.4 Å². The number of likely N-dealkylation sites (tertiary alicyclic amines) is 1. The Labute approximate surface area is 229 Å². The van der Waals surface area contributed by atoms with E-state index in [9.17, 15) is 4.79 Å². The Morgan fingerprint density at radius 3 is 2.51 bits per heavy atom. The van der Waals surface area contributed by atoms with Gasteiger partial charge in [-0.2, -0.15) is 0 Å². The van der Waals surface area contributed by atoms with E-state index < -0.39 is 0 Å². The van der Waals surface area contributed by atoms with Gasteiger partial charge in [0.25, 0.3) is 5.56 Å². The molecule has 0 aromatic carbocycles. The highest BCUT2D eigenvalue weighted by atomic mass is 16.5. The van der Waals surface area contributed by atoms with Crippen molar-refractivity contribution in [3.63, 3.8) is 0 Å². The van der Waals surface area contributed by atoms with Gasteiger partial charge in [-0.3, -0.25) is 14.7 Å². The molecule has 1 spiro atoms. The van der Waals surface area contributed by atoms with E-state index in [1.54, 1.807) is 10.8 Å². The van der Waals surface area contributed by atoms with Crippen LogP contribution in [0.3, 0.4) is 0 Å². The number of nitrogens with zero attached hydrogens (tertiary/aromatic N) is 6. The number of rotatable bonds is 5. The largest absolute Gasteiger partial charge is 0.381 e. The van der Waals surface area contributed by atoms with Gasteiger partial charge in [-0.25, -0.2) is 4.98 Å². The van der Waals surface area contributed by atoms with Crippen molar-refractivity contribution in [2.75, 3.05) is 44.3 Å². The Morgan fingerprint density at radius 1 is 0.923 bits per heavy atom. The lowest BCUT2D eigenvalue weighted by atomic mass is 9.73. The van der Waals surface area contributed by atoms with Gasteiger partial charge >= 0.3 is 0 Å². The molecule has 0 atom stereocenters. The zero-order valence-corrected chi connectivity index (χ0v) is 23.1. The Bertz CT molecular complexity index is 1560. The first-order valence-electron chi connectivity index (χ1n) is 14.4. The van der Waals surface area contributed by atoms with Crippen LogP contribution in [0.15, 0.2) is 54.0 Å². The molecule has 0 amide bonds. The van der Waals surface area contributed by atoms with Crippen LogP contribution in [0.2, 0.25) is 0 Å². The molecule has 0 unspecified atom stereocenters. The summed E-state index contributed by atoms with van der Waals surface area (Å²) in [6.45, 7) is 12.2. The average molecular weight is 527 g/mol. The van der Waals surface area contributed by atoms with Gasteiger partial charge in [0.2, 0.25) is 0 Å². The predicted molar refractivity (Wildman–Crippen MR) is 153 cm³/mol. The second kappa shape index (κ2) is 9.45. The third kappa shape index (κ3) is 4.74. The van der Waals surface area contributed by atoms with E-state index in [1.807, 2.05) is 12.4 Å².